The van der Waals surface area contributed by atoms with Crippen LogP contribution in [0.1, 0.15) is 11.8 Å². The van der Waals surface area contributed by atoms with E-state index in [9.17, 15) is 12.8 Å². The summed E-state index contributed by atoms with van der Waals surface area (Å²) in [4.78, 5) is 0.666. The summed E-state index contributed by atoms with van der Waals surface area (Å²) in [5, 5.41) is 0. The first-order valence-corrected chi connectivity index (χ1v) is 8.77. The standard InChI is InChI=1S/C13H14ClFN2O2S2/c1-2-17(8-11-3-4-13(14)20-11)21(18,19)12-6-9(15)5-10(16)7-12/h3-7H,2,8,16H2,1H3. The fraction of sp³-hybridized carbons (Fsp3) is 0.231. The lowest BCUT2D eigenvalue weighted by Crippen LogP contribution is -2.30. The zero-order chi connectivity index (χ0) is 15.6. The van der Waals surface area contributed by atoms with Gasteiger partial charge in [0.05, 0.1) is 9.23 Å². The van der Waals surface area contributed by atoms with Gasteiger partial charge >= 0.3 is 0 Å². The second kappa shape index (κ2) is 6.31. The number of hydrogen-bond donors (Lipinski definition) is 1. The average molecular weight is 349 g/mol. The summed E-state index contributed by atoms with van der Waals surface area (Å²) in [7, 11) is -3.81. The van der Waals surface area contributed by atoms with E-state index in [4.69, 9.17) is 17.3 Å². The Bertz CT molecular complexity index is 726. The maximum atomic E-state index is 13.4. The highest BCUT2D eigenvalue weighted by atomic mass is 35.5. The number of anilines is 1. The third-order valence-electron chi connectivity index (χ3n) is 2.85. The zero-order valence-electron chi connectivity index (χ0n) is 11.2. The minimum atomic E-state index is -3.81. The Balaban J connectivity index is 2.35. The number of nitrogen functional groups attached to an aromatic ring is 1. The van der Waals surface area contributed by atoms with Crippen LogP contribution in [0.2, 0.25) is 4.34 Å². The Labute approximate surface area is 132 Å². The molecule has 2 N–H and O–H groups in total. The number of benzene rings is 1. The van der Waals surface area contributed by atoms with Gasteiger partial charge in [-0.2, -0.15) is 4.31 Å². The normalized spacial score (nSPS) is 12.0. The number of halogens is 2. The van der Waals surface area contributed by atoms with E-state index in [-0.39, 0.29) is 23.7 Å². The van der Waals surface area contributed by atoms with Crippen LogP contribution in [0.3, 0.4) is 0 Å². The lowest BCUT2D eigenvalue weighted by Gasteiger charge is -2.20. The van der Waals surface area contributed by atoms with Crippen molar-refractivity contribution in [1.29, 1.82) is 0 Å². The molecule has 2 aromatic rings. The molecule has 0 fully saturated rings. The predicted octanol–water partition coefficient (Wildman–Crippen LogP) is 3.33. The molecule has 0 aliphatic rings. The molecule has 0 unspecified atom stereocenters. The number of hydrogen-bond acceptors (Lipinski definition) is 4. The van der Waals surface area contributed by atoms with Crippen molar-refractivity contribution in [3.8, 4) is 0 Å². The van der Waals surface area contributed by atoms with Crippen LogP contribution in [0.25, 0.3) is 0 Å². The summed E-state index contributed by atoms with van der Waals surface area (Å²) in [5.41, 5.74) is 5.59. The van der Waals surface area contributed by atoms with E-state index in [1.54, 1.807) is 19.1 Å². The Kier molecular flexibility index (Phi) is 4.88. The highest BCUT2D eigenvalue weighted by molar-refractivity contribution is 7.89. The Morgan fingerprint density at radius 3 is 2.57 bits per heavy atom. The van der Waals surface area contributed by atoms with Crippen molar-refractivity contribution in [3.05, 3.63) is 45.4 Å². The summed E-state index contributed by atoms with van der Waals surface area (Å²) >= 11 is 7.15. The number of thiophene rings is 1. The molecule has 0 aliphatic carbocycles. The molecule has 1 heterocycles. The quantitative estimate of drug-likeness (QED) is 0.843. The minimum Gasteiger partial charge on any atom is -0.399 e. The molecule has 0 atom stereocenters. The third-order valence-corrected chi connectivity index (χ3v) is 5.96. The molecule has 0 spiro atoms. The Morgan fingerprint density at radius 2 is 2.05 bits per heavy atom. The van der Waals surface area contributed by atoms with Gasteiger partial charge in [-0.25, -0.2) is 12.8 Å². The average Bonchev–Trinajstić information content (AvgIpc) is 2.80. The van der Waals surface area contributed by atoms with Crippen LogP contribution in [-0.4, -0.2) is 19.3 Å². The van der Waals surface area contributed by atoms with Crippen molar-refractivity contribution in [1.82, 2.24) is 4.31 Å². The van der Waals surface area contributed by atoms with Gasteiger partial charge in [0.1, 0.15) is 5.82 Å². The first-order valence-electron chi connectivity index (χ1n) is 6.13. The fourth-order valence-electron chi connectivity index (χ4n) is 1.86. The molecule has 1 aromatic heterocycles. The van der Waals surface area contributed by atoms with Crippen molar-refractivity contribution < 1.29 is 12.8 Å². The van der Waals surface area contributed by atoms with E-state index in [2.05, 4.69) is 0 Å². The number of rotatable bonds is 5. The monoisotopic (exact) mass is 348 g/mol. The molecule has 0 aliphatic heterocycles. The van der Waals surface area contributed by atoms with Gasteiger partial charge < -0.3 is 5.73 Å². The van der Waals surface area contributed by atoms with E-state index in [0.717, 1.165) is 17.0 Å². The number of nitrogens with two attached hydrogens (primary N) is 1. The van der Waals surface area contributed by atoms with Crippen molar-refractivity contribution in [2.75, 3.05) is 12.3 Å². The summed E-state index contributed by atoms with van der Waals surface area (Å²) < 4.78 is 40.3. The maximum absolute atomic E-state index is 13.4. The van der Waals surface area contributed by atoms with Crippen LogP contribution < -0.4 is 5.73 Å². The van der Waals surface area contributed by atoms with Gasteiger partial charge in [-0.15, -0.1) is 11.3 Å². The molecule has 0 saturated carbocycles. The summed E-state index contributed by atoms with van der Waals surface area (Å²) in [5.74, 6) is -0.677. The summed E-state index contributed by atoms with van der Waals surface area (Å²) in [6, 6.07) is 6.78. The molecular formula is C13H14ClFN2O2S2. The van der Waals surface area contributed by atoms with Crippen LogP contribution in [0.15, 0.2) is 35.2 Å². The molecule has 4 nitrogen and oxygen atoms in total. The SMILES string of the molecule is CCN(Cc1ccc(Cl)s1)S(=O)(=O)c1cc(N)cc(F)c1. The molecule has 0 bridgehead atoms. The van der Waals surface area contributed by atoms with Crippen LogP contribution >= 0.6 is 22.9 Å². The van der Waals surface area contributed by atoms with Crippen LogP contribution in [0.5, 0.6) is 0 Å². The molecule has 0 saturated heterocycles. The smallest absolute Gasteiger partial charge is 0.243 e. The van der Waals surface area contributed by atoms with Gasteiger partial charge in [0, 0.05) is 23.7 Å². The largest absolute Gasteiger partial charge is 0.399 e. The third kappa shape index (κ3) is 3.74. The van der Waals surface area contributed by atoms with E-state index in [0.29, 0.717) is 4.34 Å². The van der Waals surface area contributed by atoms with Gasteiger partial charge in [-0.05, 0) is 30.3 Å². The van der Waals surface area contributed by atoms with E-state index < -0.39 is 15.8 Å². The Morgan fingerprint density at radius 1 is 1.33 bits per heavy atom. The van der Waals surface area contributed by atoms with Crippen LogP contribution in [0.4, 0.5) is 10.1 Å². The van der Waals surface area contributed by atoms with Gasteiger partial charge in [0.25, 0.3) is 0 Å². The van der Waals surface area contributed by atoms with Gasteiger partial charge in [-0.3, -0.25) is 0 Å². The molecule has 8 heteroatoms. The van der Waals surface area contributed by atoms with E-state index in [1.165, 1.54) is 21.7 Å². The molecule has 1 aromatic carbocycles. The zero-order valence-corrected chi connectivity index (χ0v) is 13.6. The minimum absolute atomic E-state index is 0.0730. The van der Waals surface area contributed by atoms with Crippen molar-refractivity contribution in [3.63, 3.8) is 0 Å². The van der Waals surface area contributed by atoms with Gasteiger partial charge in [0.2, 0.25) is 10.0 Å². The molecule has 0 radical (unpaired) electrons. The topological polar surface area (TPSA) is 63.4 Å². The highest BCUT2D eigenvalue weighted by Gasteiger charge is 2.24. The summed E-state index contributed by atoms with van der Waals surface area (Å²) in [6.45, 7) is 2.16. The Hall–Kier alpha value is -1.15. The highest BCUT2D eigenvalue weighted by Crippen LogP contribution is 2.26. The van der Waals surface area contributed by atoms with Gasteiger partial charge in [0.15, 0.2) is 0 Å². The van der Waals surface area contributed by atoms with E-state index in [1.807, 2.05) is 0 Å². The number of sulfonamides is 1. The molecule has 114 valence electrons. The lowest BCUT2D eigenvalue weighted by molar-refractivity contribution is 0.426. The van der Waals surface area contributed by atoms with Crippen molar-refractivity contribution >= 4 is 38.6 Å². The van der Waals surface area contributed by atoms with Crippen LogP contribution in [0, 0.1) is 5.82 Å². The molecule has 0 amide bonds. The molecule has 21 heavy (non-hydrogen) atoms. The second-order valence-corrected chi connectivity index (χ2v) is 8.09. The second-order valence-electron chi connectivity index (χ2n) is 4.36. The van der Waals surface area contributed by atoms with E-state index >= 15 is 0 Å². The summed E-state index contributed by atoms with van der Waals surface area (Å²) in [6.07, 6.45) is 0. The number of nitrogens with zero attached hydrogens (tertiary/aromatic N) is 1. The first kappa shape index (κ1) is 16.2. The molecular weight excluding hydrogens is 335 g/mol. The molecule has 2 rings (SSSR count). The fourth-order valence-corrected chi connectivity index (χ4v) is 4.54. The van der Waals surface area contributed by atoms with Crippen LogP contribution in [-0.2, 0) is 16.6 Å². The lowest BCUT2D eigenvalue weighted by atomic mass is 10.3. The first-order chi connectivity index (χ1) is 9.82. The van der Waals surface area contributed by atoms with Crippen molar-refractivity contribution in [2.24, 2.45) is 0 Å². The maximum Gasteiger partial charge on any atom is 0.243 e. The van der Waals surface area contributed by atoms with Gasteiger partial charge in [-0.1, -0.05) is 18.5 Å². The van der Waals surface area contributed by atoms with Crippen molar-refractivity contribution in [2.45, 2.75) is 18.4 Å². The predicted molar refractivity (Wildman–Crippen MR) is 83.4 cm³/mol.